The monoisotopic (exact) mass is 552 g/mol. The summed E-state index contributed by atoms with van der Waals surface area (Å²) in [7, 11) is 6.87. The molecule has 1 aromatic carbocycles. The molecule has 11 heteroatoms. The number of carbonyl (C=O) groups excluding carboxylic acids is 3. The largest absolute Gasteiger partial charge is 0.508 e. The molecule has 0 radical (unpaired) electrons. The van der Waals surface area contributed by atoms with Crippen LogP contribution in [-0.2, 0) is 27.3 Å². The first-order chi connectivity index (χ1) is 18.8. The van der Waals surface area contributed by atoms with E-state index < -0.39 is 58.0 Å². The highest BCUT2D eigenvalue weighted by Crippen LogP contribution is 2.54. The third-order valence-corrected chi connectivity index (χ3v) is 8.79. The number of aliphatic hydroxyl groups excluding tert-OH is 2. The molecule has 6 N–H and O–H groups in total. The number of phenols is 1. The molecular weight excluding hydrogens is 516 g/mol. The van der Waals surface area contributed by atoms with Crippen LogP contribution >= 0.6 is 0 Å². The number of benzene rings is 1. The van der Waals surface area contributed by atoms with Crippen molar-refractivity contribution in [3.63, 3.8) is 0 Å². The Kier molecular flexibility index (Phi) is 6.80. The van der Waals surface area contributed by atoms with Gasteiger partial charge in [0.15, 0.2) is 11.4 Å². The predicted octanol–water partition coefficient (Wildman–Crippen LogP) is 0.792. The number of ketones is 2. The lowest BCUT2D eigenvalue weighted by atomic mass is 9.57. The first-order valence-electron chi connectivity index (χ1n) is 13.4. The molecule has 4 aliphatic rings. The number of hydrogen-bond donors (Lipinski definition) is 5. The summed E-state index contributed by atoms with van der Waals surface area (Å²) in [6.07, 6.45) is 5.36. The summed E-state index contributed by atoms with van der Waals surface area (Å²) in [6, 6.07) is 0.784. The van der Waals surface area contributed by atoms with E-state index in [4.69, 9.17) is 5.73 Å². The molecule has 11 nitrogen and oxygen atoms in total. The van der Waals surface area contributed by atoms with Crippen LogP contribution in [0.15, 0.2) is 35.1 Å². The van der Waals surface area contributed by atoms with Gasteiger partial charge in [0, 0.05) is 56.5 Å². The predicted molar refractivity (Wildman–Crippen MR) is 148 cm³/mol. The van der Waals surface area contributed by atoms with Gasteiger partial charge in [-0.3, -0.25) is 24.2 Å². The number of amides is 1. The number of aliphatic hydroxyl groups is 3. The van der Waals surface area contributed by atoms with Crippen LogP contribution in [0.4, 0.5) is 5.69 Å². The number of likely N-dealkylation sites (N-methyl/N-ethyl adjacent to an activating group) is 1. The molecule has 1 aliphatic heterocycles. The molecule has 3 aliphatic carbocycles. The number of nitrogens with zero attached hydrogens (tertiary/aromatic N) is 3. The maximum absolute atomic E-state index is 14.1. The molecule has 1 heterocycles. The molecule has 1 aromatic rings. The van der Waals surface area contributed by atoms with Crippen molar-refractivity contribution in [3.05, 3.63) is 51.8 Å². The molecule has 4 atom stereocenters. The second kappa shape index (κ2) is 9.76. The average Bonchev–Trinajstić information content (AvgIpc) is 2.87. The number of carbonyl (C=O) groups is 3. The number of Topliss-reactive ketones (excluding diaryl/α,β-unsaturated/α-hetero) is 2. The summed E-state index contributed by atoms with van der Waals surface area (Å²) in [4.78, 5) is 45.0. The second-order valence-corrected chi connectivity index (χ2v) is 11.6. The zero-order valence-electron chi connectivity index (χ0n) is 23.1. The van der Waals surface area contributed by atoms with Crippen molar-refractivity contribution in [1.82, 2.24) is 9.80 Å². The second-order valence-electron chi connectivity index (χ2n) is 11.6. The lowest BCUT2D eigenvalue weighted by Gasteiger charge is -2.50. The van der Waals surface area contributed by atoms with E-state index in [2.05, 4.69) is 17.1 Å². The van der Waals surface area contributed by atoms with E-state index in [0.29, 0.717) is 17.7 Å². The topological polar surface area (TPSA) is 168 Å². The van der Waals surface area contributed by atoms with Crippen molar-refractivity contribution in [2.45, 2.75) is 37.5 Å². The molecule has 1 saturated carbocycles. The number of anilines is 1. The van der Waals surface area contributed by atoms with Gasteiger partial charge in [0.05, 0.1) is 11.6 Å². The number of nitrogens with two attached hydrogens (primary N) is 1. The SMILES string of the molecule is CN(C)c1cc(CN2CC=CCC2)c(O)c2c1CC1CC3C(N(C)C)C(=O)C(C(N)=O)=C(O)C3(O)C(=O)C1=C2O. The van der Waals surface area contributed by atoms with E-state index >= 15 is 0 Å². The van der Waals surface area contributed by atoms with E-state index in [9.17, 15) is 34.8 Å². The van der Waals surface area contributed by atoms with Crippen LogP contribution < -0.4 is 10.6 Å². The Morgan fingerprint density at radius 2 is 1.85 bits per heavy atom. The molecule has 1 fully saturated rings. The van der Waals surface area contributed by atoms with E-state index in [1.807, 2.05) is 25.1 Å². The van der Waals surface area contributed by atoms with Crippen molar-refractivity contribution in [2.24, 2.45) is 17.6 Å². The first kappa shape index (κ1) is 27.9. The summed E-state index contributed by atoms with van der Waals surface area (Å²) in [5, 5.41) is 45.8. The van der Waals surface area contributed by atoms with Crippen LogP contribution in [0.2, 0.25) is 0 Å². The van der Waals surface area contributed by atoms with Crippen molar-refractivity contribution in [1.29, 1.82) is 0 Å². The fourth-order valence-electron chi connectivity index (χ4n) is 6.94. The molecule has 1 amide bonds. The van der Waals surface area contributed by atoms with Gasteiger partial charge in [0.1, 0.15) is 22.8 Å². The molecular formula is C29H36N4O7. The quantitative estimate of drug-likeness (QED) is 0.260. The normalized spacial score (nSPS) is 28.5. The Bertz CT molecular complexity index is 1410. The van der Waals surface area contributed by atoms with Gasteiger partial charge in [0.2, 0.25) is 5.78 Å². The lowest BCUT2D eigenvalue weighted by Crippen LogP contribution is -2.65. The molecule has 0 bridgehead atoms. The fourth-order valence-corrected chi connectivity index (χ4v) is 6.94. The van der Waals surface area contributed by atoms with Gasteiger partial charge < -0.3 is 31.1 Å². The smallest absolute Gasteiger partial charge is 0.255 e. The Balaban J connectivity index is 1.70. The van der Waals surface area contributed by atoms with Gasteiger partial charge >= 0.3 is 0 Å². The zero-order chi connectivity index (χ0) is 29.3. The first-order valence-corrected chi connectivity index (χ1v) is 13.4. The summed E-state index contributed by atoms with van der Waals surface area (Å²) >= 11 is 0. The van der Waals surface area contributed by atoms with E-state index in [-0.39, 0.29) is 29.7 Å². The summed E-state index contributed by atoms with van der Waals surface area (Å²) < 4.78 is 0. The van der Waals surface area contributed by atoms with Gasteiger partial charge in [0.25, 0.3) is 5.91 Å². The molecule has 0 saturated heterocycles. The minimum absolute atomic E-state index is 0.0568. The van der Waals surface area contributed by atoms with E-state index in [1.165, 1.54) is 4.90 Å². The van der Waals surface area contributed by atoms with Crippen LogP contribution in [0, 0.1) is 11.8 Å². The minimum atomic E-state index is -2.65. The average molecular weight is 553 g/mol. The van der Waals surface area contributed by atoms with Crippen molar-refractivity contribution in [2.75, 3.05) is 46.2 Å². The molecule has 5 rings (SSSR count). The number of aromatic hydroxyl groups is 1. The van der Waals surface area contributed by atoms with Gasteiger partial charge in [-0.25, -0.2) is 0 Å². The lowest BCUT2D eigenvalue weighted by molar-refractivity contribution is -0.153. The maximum atomic E-state index is 14.1. The highest BCUT2D eigenvalue weighted by Gasteiger charge is 2.64. The van der Waals surface area contributed by atoms with Crippen molar-refractivity contribution in [3.8, 4) is 5.75 Å². The highest BCUT2D eigenvalue weighted by atomic mass is 16.3. The highest BCUT2D eigenvalue weighted by molar-refractivity contribution is 6.24. The number of rotatable bonds is 5. The van der Waals surface area contributed by atoms with Crippen LogP contribution in [-0.4, -0.2) is 101 Å². The van der Waals surface area contributed by atoms with Crippen LogP contribution in [0.25, 0.3) is 5.76 Å². The van der Waals surface area contributed by atoms with Gasteiger partial charge in [-0.2, -0.15) is 0 Å². The zero-order valence-corrected chi connectivity index (χ0v) is 23.1. The molecule has 40 heavy (non-hydrogen) atoms. The number of phenolic OH excluding ortho intramolecular Hbond substituents is 1. The number of primary amides is 1. The molecule has 214 valence electrons. The number of fused-ring (bicyclic) bond motifs is 3. The summed E-state index contributed by atoms with van der Waals surface area (Å²) in [5.74, 6) is -6.46. The van der Waals surface area contributed by atoms with Gasteiger partial charge in [-0.1, -0.05) is 12.2 Å². The Morgan fingerprint density at radius 1 is 1.15 bits per heavy atom. The van der Waals surface area contributed by atoms with Gasteiger partial charge in [-0.15, -0.1) is 0 Å². The molecule has 0 aromatic heterocycles. The third-order valence-electron chi connectivity index (χ3n) is 8.79. The van der Waals surface area contributed by atoms with Gasteiger partial charge in [-0.05, 0) is 50.9 Å². The van der Waals surface area contributed by atoms with Crippen molar-refractivity contribution < 1.29 is 34.8 Å². The van der Waals surface area contributed by atoms with Crippen LogP contribution in [0.5, 0.6) is 5.75 Å². The number of hydrogen-bond acceptors (Lipinski definition) is 10. The Morgan fingerprint density at radius 3 is 2.42 bits per heavy atom. The standard InChI is InChI=1S/C29H36N4O7/c1-31(2)18-12-15(13-33-8-6-5-7-9-33)23(34)20-16(18)10-14-11-17-22(32(3)4)25(36)21(28(30)39)27(38)29(17,40)26(37)19(14)24(20)35/h5-6,12,14,17,22,34-35,38,40H,7-11,13H2,1-4H3,(H2,30,39). The maximum Gasteiger partial charge on any atom is 0.255 e. The van der Waals surface area contributed by atoms with Crippen molar-refractivity contribution >= 4 is 28.9 Å². The van der Waals surface area contributed by atoms with Crippen LogP contribution in [0.1, 0.15) is 29.5 Å². The third kappa shape index (κ3) is 3.94. The molecule has 0 spiro atoms. The van der Waals surface area contributed by atoms with E-state index in [0.717, 1.165) is 25.2 Å². The fraction of sp³-hybridized carbons (Fsp3) is 0.483. The Hall–Kier alpha value is -3.67. The van der Waals surface area contributed by atoms with Crippen LogP contribution in [0.3, 0.4) is 0 Å². The minimum Gasteiger partial charge on any atom is -0.508 e. The summed E-state index contributed by atoms with van der Waals surface area (Å²) in [6.45, 7) is 1.95. The summed E-state index contributed by atoms with van der Waals surface area (Å²) in [5.41, 5.74) is 3.89. The van der Waals surface area contributed by atoms with E-state index in [1.54, 1.807) is 14.1 Å². The molecule has 4 unspecified atom stereocenters. The Labute approximate surface area is 232 Å².